The molecule has 2 nitrogen and oxygen atoms in total. The summed E-state index contributed by atoms with van der Waals surface area (Å²) < 4.78 is 0.152. The van der Waals surface area contributed by atoms with Crippen molar-refractivity contribution in [2.24, 2.45) is 5.92 Å². The van der Waals surface area contributed by atoms with Crippen molar-refractivity contribution in [3.63, 3.8) is 0 Å². The molecule has 0 radical (unpaired) electrons. The van der Waals surface area contributed by atoms with E-state index in [1.807, 2.05) is 20.9 Å². The lowest BCUT2D eigenvalue weighted by Crippen LogP contribution is -2.31. The Kier molecular flexibility index (Phi) is 5.65. The number of hydrogen-bond donors (Lipinski definition) is 1. The van der Waals surface area contributed by atoms with Crippen LogP contribution in [0.25, 0.3) is 0 Å². The molecule has 78 valence electrons. The molecular weight excluding hydrogens is 182 g/mol. The molecule has 0 bridgehead atoms. The van der Waals surface area contributed by atoms with Gasteiger partial charge in [0.2, 0.25) is 0 Å². The summed E-state index contributed by atoms with van der Waals surface area (Å²) in [7, 11) is 1.94. The Hall–Kier alpha value is -0.0200. The van der Waals surface area contributed by atoms with E-state index in [1.165, 1.54) is 0 Å². The van der Waals surface area contributed by atoms with Crippen LogP contribution in [-0.2, 0) is 4.79 Å². The maximum Gasteiger partial charge on any atom is 0.145 e. The van der Waals surface area contributed by atoms with E-state index in [2.05, 4.69) is 19.2 Å². The van der Waals surface area contributed by atoms with Crippen molar-refractivity contribution < 1.29 is 4.79 Å². The smallest absolute Gasteiger partial charge is 0.145 e. The predicted molar refractivity (Wildman–Crippen MR) is 60.3 cm³/mol. The van der Waals surface area contributed by atoms with Crippen LogP contribution in [0, 0.1) is 5.92 Å². The Morgan fingerprint density at radius 1 is 1.46 bits per heavy atom. The Bertz CT molecular complexity index is 166. The zero-order valence-electron chi connectivity index (χ0n) is 9.31. The maximum absolute atomic E-state index is 11.4. The number of thioether (sulfide) groups is 1. The van der Waals surface area contributed by atoms with Crippen LogP contribution in [-0.4, -0.2) is 29.9 Å². The van der Waals surface area contributed by atoms with Crippen LogP contribution < -0.4 is 5.32 Å². The molecule has 0 heterocycles. The summed E-state index contributed by atoms with van der Waals surface area (Å²) in [4.78, 5) is 11.4. The number of rotatable bonds is 6. The van der Waals surface area contributed by atoms with Crippen molar-refractivity contribution in [2.45, 2.75) is 32.4 Å². The third-order valence-corrected chi connectivity index (χ3v) is 3.21. The highest BCUT2D eigenvalue weighted by Gasteiger charge is 2.19. The summed E-state index contributed by atoms with van der Waals surface area (Å²) in [6, 6.07) is 0. The van der Waals surface area contributed by atoms with Gasteiger partial charge in [-0.15, -0.1) is 11.8 Å². The Morgan fingerprint density at radius 3 is 2.38 bits per heavy atom. The van der Waals surface area contributed by atoms with Gasteiger partial charge in [-0.1, -0.05) is 13.8 Å². The second-order valence-corrected chi connectivity index (χ2v) is 5.88. The summed E-state index contributed by atoms with van der Waals surface area (Å²) in [5, 5.41) is 3.13. The first-order valence-corrected chi connectivity index (χ1v) is 5.69. The summed E-state index contributed by atoms with van der Waals surface area (Å²) in [6.45, 7) is 9.15. The Balaban J connectivity index is 3.80. The molecular formula is C10H21NOS. The van der Waals surface area contributed by atoms with Gasteiger partial charge in [-0.05, 0) is 20.9 Å². The van der Waals surface area contributed by atoms with Gasteiger partial charge in [-0.25, -0.2) is 0 Å². The number of nitrogens with one attached hydrogen (secondary N) is 1. The monoisotopic (exact) mass is 203 g/mol. The van der Waals surface area contributed by atoms with Gasteiger partial charge < -0.3 is 5.32 Å². The lowest BCUT2D eigenvalue weighted by atomic mass is 10.1. The standard InChI is InChI=1S/C10H21NOS/c1-8(2)9(12)6-13-10(3,4)7-11-5/h8,11H,6-7H2,1-5H3. The second-order valence-electron chi connectivity index (χ2n) is 4.20. The maximum atomic E-state index is 11.4. The van der Waals surface area contributed by atoms with Crippen molar-refractivity contribution in [1.29, 1.82) is 0 Å². The van der Waals surface area contributed by atoms with Crippen LogP contribution in [0.2, 0.25) is 0 Å². The minimum absolute atomic E-state index is 0.152. The van der Waals surface area contributed by atoms with Gasteiger partial charge in [0.05, 0.1) is 5.75 Å². The molecule has 0 aromatic rings. The average Bonchev–Trinajstić information content (AvgIpc) is 2.00. The van der Waals surface area contributed by atoms with Crippen molar-refractivity contribution >= 4 is 17.5 Å². The molecule has 0 spiro atoms. The third-order valence-electron chi connectivity index (χ3n) is 1.85. The fourth-order valence-corrected chi connectivity index (χ4v) is 2.02. The van der Waals surface area contributed by atoms with Gasteiger partial charge in [0.15, 0.2) is 0 Å². The lowest BCUT2D eigenvalue weighted by molar-refractivity contribution is -0.119. The van der Waals surface area contributed by atoms with Crippen LogP contribution in [0.5, 0.6) is 0 Å². The highest BCUT2D eigenvalue weighted by Crippen LogP contribution is 2.23. The topological polar surface area (TPSA) is 29.1 Å². The van der Waals surface area contributed by atoms with E-state index in [1.54, 1.807) is 11.8 Å². The molecule has 0 atom stereocenters. The summed E-state index contributed by atoms with van der Waals surface area (Å²) in [5.41, 5.74) is 0. The minimum Gasteiger partial charge on any atom is -0.318 e. The van der Waals surface area contributed by atoms with Gasteiger partial charge in [-0.3, -0.25) is 4.79 Å². The number of Topliss-reactive ketones (excluding diaryl/α,β-unsaturated/α-hetero) is 1. The molecule has 1 N–H and O–H groups in total. The van der Waals surface area contributed by atoms with E-state index in [9.17, 15) is 4.79 Å². The van der Waals surface area contributed by atoms with E-state index in [-0.39, 0.29) is 10.7 Å². The molecule has 0 amide bonds. The van der Waals surface area contributed by atoms with Crippen molar-refractivity contribution in [3.05, 3.63) is 0 Å². The molecule has 0 aliphatic heterocycles. The molecule has 0 fully saturated rings. The quantitative estimate of drug-likeness (QED) is 0.715. The van der Waals surface area contributed by atoms with E-state index in [0.717, 1.165) is 6.54 Å². The van der Waals surface area contributed by atoms with Gasteiger partial charge in [0.25, 0.3) is 0 Å². The molecule has 0 rings (SSSR count). The Labute approximate surface area is 85.9 Å². The molecule has 0 saturated carbocycles. The zero-order chi connectivity index (χ0) is 10.5. The zero-order valence-corrected chi connectivity index (χ0v) is 10.1. The average molecular weight is 203 g/mol. The highest BCUT2D eigenvalue weighted by atomic mass is 32.2. The van der Waals surface area contributed by atoms with Crippen LogP contribution >= 0.6 is 11.8 Å². The van der Waals surface area contributed by atoms with Crippen LogP contribution in [0.3, 0.4) is 0 Å². The first-order chi connectivity index (χ1) is 5.89. The molecule has 0 aromatic heterocycles. The fourth-order valence-electron chi connectivity index (χ4n) is 0.910. The van der Waals surface area contributed by atoms with Gasteiger partial charge >= 0.3 is 0 Å². The highest BCUT2D eigenvalue weighted by molar-refractivity contribution is 8.01. The second kappa shape index (κ2) is 5.66. The first kappa shape index (κ1) is 13.0. The van der Waals surface area contributed by atoms with Crippen LogP contribution in [0.15, 0.2) is 0 Å². The molecule has 0 unspecified atom stereocenters. The van der Waals surface area contributed by atoms with Gasteiger partial charge in [0, 0.05) is 17.2 Å². The van der Waals surface area contributed by atoms with Crippen LogP contribution in [0.1, 0.15) is 27.7 Å². The molecule has 3 heteroatoms. The molecule has 0 saturated heterocycles. The molecule has 0 aromatic carbocycles. The van der Waals surface area contributed by atoms with E-state index in [0.29, 0.717) is 11.5 Å². The molecule has 13 heavy (non-hydrogen) atoms. The normalized spacial score (nSPS) is 12.2. The van der Waals surface area contributed by atoms with E-state index < -0.39 is 0 Å². The van der Waals surface area contributed by atoms with E-state index >= 15 is 0 Å². The summed E-state index contributed by atoms with van der Waals surface area (Å²) in [6.07, 6.45) is 0. The summed E-state index contributed by atoms with van der Waals surface area (Å²) >= 11 is 1.73. The van der Waals surface area contributed by atoms with E-state index in [4.69, 9.17) is 0 Å². The van der Waals surface area contributed by atoms with Crippen molar-refractivity contribution in [3.8, 4) is 0 Å². The van der Waals surface area contributed by atoms with Crippen molar-refractivity contribution in [2.75, 3.05) is 19.3 Å². The summed E-state index contributed by atoms with van der Waals surface area (Å²) in [5.74, 6) is 1.14. The molecule has 0 aliphatic rings. The lowest BCUT2D eigenvalue weighted by Gasteiger charge is -2.23. The minimum atomic E-state index is 0.152. The Morgan fingerprint density at radius 2 is 2.00 bits per heavy atom. The van der Waals surface area contributed by atoms with Crippen molar-refractivity contribution in [1.82, 2.24) is 5.32 Å². The number of ketones is 1. The third kappa shape index (κ3) is 6.11. The van der Waals surface area contributed by atoms with Gasteiger partial charge in [-0.2, -0.15) is 0 Å². The largest absolute Gasteiger partial charge is 0.318 e. The number of hydrogen-bond acceptors (Lipinski definition) is 3. The molecule has 0 aliphatic carbocycles. The predicted octanol–water partition coefficient (Wildman–Crippen LogP) is 1.94. The fraction of sp³-hybridized carbons (Fsp3) is 0.900. The number of carbonyl (C=O) groups excluding carboxylic acids is 1. The number of carbonyl (C=O) groups is 1. The first-order valence-electron chi connectivity index (χ1n) is 4.70. The van der Waals surface area contributed by atoms with Gasteiger partial charge in [0.1, 0.15) is 5.78 Å². The van der Waals surface area contributed by atoms with Crippen LogP contribution in [0.4, 0.5) is 0 Å². The SMILES string of the molecule is CNCC(C)(C)SCC(=O)C(C)C.